The van der Waals surface area contributed by atoms with Gasteiger partial charge in [0.25, 0.3) is 0 Å². The van der Waals surface area contributed by atoms with Crippen molar-refractivity contribution in [2.45, 2.75) is 52.5 Å². The first-order chi connectivity index (χ1) is 12.7. The van der Waals surface area contributed by atoms with Crippen molar-refractivity contribution >= 4 is 29.9 Å². The number of halogens is 1. The van der Waals surface area contributed by atoms with Crippen molar-refractivity contribution in [2.24, 2.45) is 10.9 Å². The highest BCUT2D eigenvalue weighted by atomic mass is 127. The first-order valence-corrected chi connectivity index (χ1v) is 9.82. The quantitative estimate of drug-likeness (QED) is 0.225. The zero-order valence-corrected chi connectivity index (χ0v) is 19.2. The van der Waals surface area contributed by atoms with Crippen LogP contribution in [0.3, 0.4) is 0 Å². The van der Waals surface area contributed by atoms with E-state index in [1.54, 1.807) is 0 Å². The van der Waals surface area contributed by atoms with Gasteiger partial charge in [0.15, 0.2) is 11.7 Å². The zero-order chi connectivity index (χ0) is 18.6. The summed E-state index contributed by atoms with van der Waals surface area (Å²) in [5.41, 5.74) is 0.967. The summed E-state index contributed by atoms with van der Waals surface area (Å²) in [6.45, 7) is 11.7. The first kappa shape index (κ1) is 24.2. The molecular weight excluding hydrogens is 459 g/mol. The van der Waals surface area contributed by atoms with E-state index in [1.165, 1.54) is 0 Å². The average Bonchev–Trinajstić information content (AvgIpc) is 3.12. The Hall–Kier alpha value is -0.870. The van der Waals surface area contributed by atoms with Gasteiger partial charge in [0.05, 0.1) is 5.69 Å². The lowest BCUT2D eigenvalue weighted by Gasteiger charge is -2.21. The predicted molar refractivity (Wildman–Crippen MR) is 118 cm³/mol. The van der Waals surface area contributed by atoms with E-state index in [9.17, 15) is 0 Å². The molecular formula is C19H35IN4O3. The number of nitrogens with one attached hydrogen (secondary N) is 2. The van der Waals surface area contributed by atoms with Crippen molar-refractivity contribution in [1.82, 2.24) is 15.8 Å². The summed E-state index contributed by atoms with van der Waals surface area (Å²) >= 11 is 0. The minimum atomic E-state index is 0. The molecule has 2 N–H and O–H groups in total. The van der Waals surface area contributed by atoms with Crippen molar-refractivity contribution in [3.8, 4) is 0 Å². The van der Waals surface area contributed by atoms with Crippen LogP contribution in [0.4, 0.5) is 0 Å². The van der Waals surface area contributed by atoms with E-state index in [0.29, 0.717) is 18.4 Å². The molecule has 1 saturated heterocycles. The molecule has 2 rings (SSSR count). The van der Waals surface area contributed by atoms with Gasteiger partial charge in [-0.05, 0) is 38.0 Å². The van der Waals surface area contributed by atoms with Gasteiger partial charge in [-0.15, -0.1) is 24.0 Å². The molecule has 0 aliphatic carbocycles. The number of hydrogen-bond donors (Lipinski definition) is 2. The molecule has 0 unspecified atom stereocenters. The molecule has 0 spiro atoms. The van der Waals surface area contributed by atoms with Crippen molar-refractivity contribution in [1.29, 1.82) is 0 Å². The van der Waals surface area contributed by atoms with Crippen LogP contribution >= 0.6 is 24.0 Å². The fourth-order valence-electron chi connectivity index (χ4n) is 2.72. The predicted octanol–water partition coefficient (Wildman–Crippen LogP) is 3.30. The van der Waals surface area contributed by atoms with E-state index in [-0.39, 0.29) is 24.0 Å². The summed E-state index contributed by atoms with van der Waals surface area (Å²) < 4.78 is 16.5. The molecule has 0 saturated carbocycles. The van der Waals surface area contributed by atoms with E-state index >= 15 is 0 Å². The SMILES string of the molecule is CCNC(=NCc1cc(C(C)C)no1)NCCCOCC1CCOCC1.I. The number of aliphatic imine (C=N–C) groups is 1. The second-order valence-electron chi connectivity index (χ2n) is 6.98. The second kappa shape index (κ2) is 14.2. The number of aromatic nitrogens is 1. The van der Waals surface area contributed by atoms with Crippen LogP contribution in [-0.4, -0.2) is 50.6 Å². The van der Waals surface area contributed by atoms with Gasteiger partial charge in [-0.25, -0.2) is 4.99 Å². The van der Waals surface area contributed by atoms with Crippen molar-refractivity contribution in [3.05, 3.63) is 17.5 Å². The lowest BCUT2D eigenvalue weighted by Crippen LogP contribution is -2.38. The summed E-state index contributed by atoms with van der Waals surface area (Å²) in [4.78, 5) is 4.55. The summed E-state index contributed by atoms with van der Waals surface area (Å²) in [6.07, 6.45) is 3.19. The van der Waals surface area contributed by atoms with Gasteiger partial charge in [0.2, 0.25) is 0 Å². The Bertz CT molecular complexity index is 531. The van der Waals surface area contributed by atoms with Crippen LogP contribution in [0.2, 0.25) is 0 Å². The maximum atomic E-state index is 5.79. The molecule has 8 heteroatoms. The fourth-order valence-corrected chi connectivity index (χ4v) is 2.72. The highest BCUT2D eigenvalue weighted by molar-refractivity contribution is 14.0. The van der Waals surface area contributed by atoms with Gasteiger partial charge in [-0.1, -0.05) is 19.0 Å². The van der Waals surface area contributed by atoms with Crippen LogP contribution in [0.1, 0.15) is 57.4 Å². The van der Waals surface area contributed by atoms with Gasteiger partial charge < -0.3 is 24.6 Å². The molecule has 0 bridgehead atoms. The minimum absolute atomic E-state index is 0. The highest BCUT2D eigenvalue weighted by Crippen LogP contribution is 2.15. The normalized spacial score (nSPS) is 15.6. The van der Waals surface area contributed by atoms with Crippen LogP contribution in [0.25, 0.3) is 0 Å². The molecule has 0 amide bonds. The maximum absolute atomic E-state index is 5.79. The molecule has 156 valence electrons. The molecule has 0 aromatic carbocycles. The number of ether oxygens (including phenoxy) is 2. The zero-order valence-electron chi connectivity index (χ0n) is 16.8. The lowest BCUT2D eigenvalue weighted by molar-refractivity contribution is 0.0203. The van der Waals surface area contributed by atoms with E-state index in [4.69, 9.17) is 14.0 Å². The largest absolute Gasteiger partial charge is 0.381 e. The third-order valence-corrected chi connectivity index (χ3v) is 4.36. The van der Waals surface area contributed by atoms with E-state index in [0.717, 1.165) is 76.2 Å². The summed E-state index contributed by atoms with van der Waals surface area (Å²) in [5, 5.41) is 10.6. The Morgan fingerprint density at radius 1 is 1.33 bits per heavy atom. The van der Waals surface area contributed by atoms with E-state index in [1.807, 2.05) is 6.07 Å². The molecule has 0 radical (unpaired) electrons. The van der Waals surface area contributed by atoms with Crippen LogP contribution in [0, 0.1) is 5.92 Å². The standard InChI is InChI=1S/C19H34N4O3.HI/c1-4-20-19(22-13-17-12-18(15(2)3)23-26-17)21-8-5-9-25-14-16-6-10-24-11-7-16;/h12,15-16H,4-11,13-14H2,1-3H3,(H2,20,21,22);1H. The van der Waals surface area contributed by atoms with Gasteiger partial charge in [0.1, 0.15) is 6.54 Å². The molecule has 1 fully saturated rings. The number of nitrogens with zero attached hydrogens (tertiary/aromatic N) is 2. The van der Waals surface area contributed by atoms with Crippen molar-refractivity contribution in [2.75, 3.05) is 39.5 Å². The third-order valence-electron chi connectivity index (χ3n) is 4.36. The Kier molecular flexibility index (Phi) is 12.7. The lowest BCUT2D eigenvalue weighted by atomic mass is 10.0. The Balaban J connectivity index is 0.00000364. The van der Waals surface area contributed by atoms with Crippen molar-refractivity contribution in [3.63, 3.8) is 0 Å². The smallest absolute Gasteiger partial charge is 0.191 e. The average molecular weight is 494 g/mol. The minimum Gasteiger partial charge on any atom is -0.381 e. The summed E-state index contributed by atoms with van der Waals surface area (Å²) in [6, 6.07) is 1.97. The maximum Gasteiger partial charge on any atom is 0.191 e. The molecule has 7 nitrogen and oxygen atoms in total. The van der Waals surface area contributed by atoms with Gasteiger partial charge >= 0.3 is 0 Å². The topological polar surface area (TPSA) is 80.9 Å². The van der Waals surface area contributed by atoms with Crippen LogP contribution < -0.4 is 10.6 Å². The highest BCUT2D eigenvalue weighted by Gasteiger charge is 2.13. The van der Waals surface area contributed by atoms with Crippen LogP contribution in [-0.2, 0) is 16.0 Å². The molecule has 2 heterocycles. The molecule has 1 aromatic rings. The van der Waals surface area contributed by atoms with Crippen LogP contribution in [0.15, 0.2) is 15.6 Å². The molecule has 1 aliphatic rings. The van der Waals surface area contributed by atoms with E-state index < -0.39 is 0 Å². The Morgan fingerprint density at radius 3 is 2.78 bits per heavy atom. The third kappa shape index (κ3) is 9.75. The number of rotatable bonds is 10. The first-order valence-electron chi connectivity index (χ1n) is 9.82. The fraction of sp³-hybridized carbons (Fsp3) is 0.789. The van der Waals surface area contributed by atoms with Gasteiger partial charge in [-0.3, -0.25) is 0 Å². The summed E-state index contributed by atoms with van der Waals surface area (Å²) in [7, 11) is 0. The van der Waals surface area contributed by atoms with E-state index in [2.05, 4.69) is 41.6 Å². The summed E-state index contributed by atoms with van der Waals surface area (Å²) in [5.74, 6) is 2.60. The number of hydrogen-bond acceptors (Lipinski definition) is 5. The second-order valence-corrected chi connectivity index (χ2v) is 6.98. The molecule has 0 atom stereocenters. The van der Waals surface area contributed by atoms with Gasteiger partial charge in [0, 0.05) is 45.6 Å². The van der Waals surface area contributed by atoms with Crippen molar-refractivity contribution < 1.29 is 14.0 Å². The van der Waals surface area contributed by atoms with Crippen LogP contribution in [0.5, 0.6) is 0 Å². The molecule has 27 heavy (non-hydrogen) atoms. The molecule has 1 aromatic heterocycles. The molecule has 1 aliphatic heterocycles. The number of guanidine groups is 1. The monoisotopic (exact) mass is 494 g/mol. The van der Waals surface area contributed by atoms with Gasteiger partial charge in [-0.2, -0.15) is 0 Å². The Morgan fingerprint density at radius 2 is 2.11 bits per heavy atom. The Labute approximate surface area is 180 Å².